The molecule has 1 spiro atoms. The fraction of sp³-hybridized carbons (Fsp3) is 0.424. The van der Waals surface area contributed by atoms with E-state index < -0.39 is 35.1 Å². The minimum absolute atomic E-state index is 0.0699. The number of fused-ring (bicyclic) bond motifs is 2. The van der Waals surface area contributed by atoms with Crippen LogP contribution >= 0.6 is 0 Å². The molecule has 3 aromatic rings. The van der Waals surface area contributed by atoms with E-state index in [4.69, 9.17) is 4.74 Å². The zero-order valence-electron chi connectivity index (χ0n) is 23.7. The van der Waals surface area contributed by atoms with Gasteiger partial charge in [0.05, 0.1) is 30.1 Å². The van der Waals surface area contributed by atoms with Gasteiger partial charge in [-0.05, 0) is 60.7 Å². The van der Waals surface area contributed by atoms with Gasteiger partial charge in [-0.1, -0.05) is 68.8 Å². The summed E-state index contributed by atoms with van der Waals surface area (Å²) in [6, 6.07) is 21.2. The largest absolute Gasteiger partial charge is 0.394 e. The van der Waals surface area contributed by atoms with Crippen molar-refractivity contribution in [2.75, 3.05) is 17.2 Å². The molecule has 3 N–H and O–H groups in total. The minimum atomic E-state index is -1.17. The Morgan fingerprint density at radius 2 is 1.66 bits per heavy atom. The molecule has 0 radical (unpaired) electrons. The normalized spacial score (nSPS) is 29.8. The molecule has 3 aliphatic rings. The molecule has 3 saturated heterocycles. The molecular weight excluding hydrogens is 518 g/mol. The first-order chi connectivity index (χ1) is 19.7. The predicted octanol–water partition coefficient (Wildman–Crippen LogP) is 4.59. The first kappa shape index (κ1) is 27.4. The molecule has 3 aliphatic heterocycles. The molecule has 2 unspecified atom stereocenters. The Hall–Kier alpha value is -3.75. The second kappa shape index (κ2) is 10.3. The summed E-state index contributed by atoms with van der Waals surface area (Å²) >= 11 is 0. The van der Waals surface area contributed by atoms with Gasteiger partial charge >= 0.3 is 0 Å². The summed E-state index contributed by atoms with van der Waals surface area (Å²) in [4.78, 5) is 44.0. The fourth-order valence-corrected chi connectivity index (χ4v) is 7.46. The number of ether oxygens (including phenoxy) is 1. The number of nitrogens with one attached hydrogen (secondary N) is 2. The number of anilines is 2. The number of amides is 3. The standard InChI is InChI=1S/C33H37N3O5/c1-4-20(2)25(19-37)36-28(30(39)35-24-15-14-21-10-8-9-11-22(21)18-24)33-17-16-32(3,41-33)26(27(33)31(36)40)29(38)34-23-12-6-5-7-13-23/h5-15,18,20,25-28,37H,4,16-17,19H2,1-3H3,(H,34,38)(H,35,39)/t20-,25-,26-,27-,28?,32+,33?/m0/s1. The molecule has 0 saturated carbocycles. The van der Waals surface area contributed by atoms with Gasteiger partial charge in [0, 0.05) is 11.4 Å². The van der Waals surface area contributed by atoms with Gasteiger partial charge in [-0.3, -0.25) is 14.4 Å². The average molecular weight is 556 g/mol. The zero-order valence-corrected chi connectivity index (χ0v) is 23.7. The lowest BCUT2D eigenvalue weighted by molar-refractivity contribution is -0.148. The van der Waals surface area contributed by atoms with E-state index in [-0.39, 0.29) is 30.2 Å². The number of aliphatic hydroxyl groups is 1. The maximum Gasteiger partial charge on any atom is 0.250 e. The molecule has 3 fully saturated rings. The number of carbonyl (C=O) groups is 3. The highest BCUT2D eigenvalue weighted by Gasteiger charge is 2.78. The fourth-order valence-electron chi connectivity index (χ4n) is 7.46. The molecule has 3 aromatic carbocycles. The van der Waals surface area contributed by atoms with E-state index in [2.05, 4.69) is 10.6 Å². The number of nitrogens with zero attached hydrogens (tertiary/aromatic N) is 1. The molecule has 8 nitrogen and oxygen atoms in total. The van der Waals surface area contributed by atoms with E-state index in [1.807, 2.05) is 81.4 Å². The van der Waals surface area contributed by atoms with E-state index in [9.17, 15) is 19.5 Å². The van der Waals surface area contributed by atoms with Crippen molar-refractivity contribution in [2.45, 2.75) is 63.3 Å². The number of aliphatic hydroxyl groups excluding tert-OH is 1. The lowest BCUT2D eigenvalue weighted by Crippen LogP contribution is -2.57. The Morgan fingerprint density at radius 1 is 0.976 bits per heavy atom. The van der Waals surface area contributed by atoms with Crippen molar-refractivity contribution in [3.05, 3.63) is 72.8 Å². The lowest BCUT2D eigenvalue weighted by Gasteiger charge is -2.39. The summed E-state index contributed by atoms with van der Waals surface area (Å²) in [5.74, 6) is -2.65. The van der Waals surface area contributed by atoms with Crippen LogP contribution in [-0.4, -0.2) is 57.6 Å². The summed E-state index contributed by atoms with van der Waals surface area (Å²) in [5.41, 5.74) is -0.815. The number of hydrogen-bond donors (Lipinski definition) is 3. The Bertz CT molecular complexity index is 1490. The van der Waals surface area contributed by atoms with Crippen LogP contribution in [0.1, 0.15) is 40.0 Å². The summed E-state index contributed by atoms with van der Waals surface area (Å²) in [6.07, 6.45) is 1.73. The second-order valence-corrected chi connectivity index (χ2v) is 12.0. The molecule has 41 heavy (non-hydrogen) atoms. The molecule has 2 bridgehead atoms. The molecule has 8 heteroatoms. The summed E-state index contributed by atoms with van der Waals surface area (Å²) in [7, 11) is 0. The minimum Gasteiger partial charge on any atom is -0.394 e. The number of rotatable bonds is 8. The van der Waals surface area contributed by atoms with Crippen molar-refractivity contribution in [1.82, 2.24) is 4.90 Å². The summed E-state index contributed by atoms with van der Waals surface area (Å²) < 4.78 is 6.73. The maximum absolute atomic E-state index is 14.4. The van der Waals surface area contributed by atoms with Crippen molar-refractivity contribution in [2.24, 2.45) is 17.8 Å². The number of carbonyl (C=O) groups excluding carboxylic acids is 3. The van der Waals surface area contributed by atoms with Crippen molar-refractivity contribution in [1.29, 1.82) is 0 Å². The Labute approximate surface area is 240 Å². The number of benzene rings is 3. The van der Waals surface area contributed by atoms with Crippen LogP contribution in [0.4, 0.5) is 11.4 Å². The number of para-hydroxylation sites is 1. The SMILES string of the molecule is CC[C@H](C)[C@H](CO)N1C(=O)[C@@H]2[C@@H](C(=O)Nc3ccccc3)[C@@]3(C)CCC2(O3)C1C(=O)Nc1ccc2ccccc2c1. The van der Waals surface area contributed by atoms with Crippen LogP contribution in [0.25, 0.3) is 10.8 Å². The van der Waals surface area contributed by atoms with Gasteiger partial charge in [0.2, 0.25) is 17.7 Å². The van der Waals surface area contributed by atoms with Crippen molar-refractivity contribution in [3.8, 4) is 0 Å². The van der Waals surface area contributed by atoms with Crippen molar-refractivity contribution in [3.63, 3.8) is 0 Å². The van der Waals surface area contributed by atoms with Crippen LogP contribution in [0.2, 0.25) is 0 Å². The van der Waals surface area contributed by atoms with E-state index in [0.29, 0.717) is 30.6 Å². The van der Waals surface area contributed by atoms with Crippen LogP contribution in [0.5, 0.6) is 0 Å². The van der Waals surface area contributed by atoms with Gasteiger partial charge < -0.3 is 25.4 Å². The highest BCUT2D eigenvalue weighted by molar-refractivity contribution is 6.06. The topological polar surface area (TPSA) is 108 Å². The predicted molar refractivity (Wildman–Crippen MR) is 157 cm³/mol. The third-order valence-electron chi connectivity index (χ3n) is 9.65. The maximum atomic E-state index is 14.4. The third-order valence-corrected chi connectivity index (χ3v) is 9.65. The first-order valence-corrected chi connectivity index (χ1v) is 14.5. The van der Waals surface area contributed by atoms with Crippen molar-refractivity contribution < 1.29 is 24.2 Å². The van der Waals surface area contributed by atoms with Gasteiger partial charge in [-0.2, -0.15) is 0 Å². The third kappa shape index (κ3) is 4.32. The Kier molecular flexibility index (Phi) is 6.86. The zero-order chi connectivity index (χ0) is 28.9. The molecule has 214 valence electrons. The van der Waals surface area contributed by atoms with E-state index in [1.165, 1.54) is 0 Å². The molecule has 0 aliphatic carbocycles. The van der Waals surface area contributed by atoms with Gasteiger partial charge in [-0.25, -0.2) is 0 Å². The molecular formula is C33H37N3O5. The van der Waals surface area contributed by atoms with Crippen LogP contribution in [0.3, 0.4) is 0 Å². The van der Waals surface area contributed by atoms with E-state index in [1.54, 1.807) is 17.0 Å². The second-order valence-electron chi connectivity index (χ2n) is 12.0. The van der Waals surface area contributed by atoms with Gasteiger partial charge in [0.15, 0.2) is 0 Å². The van der Waals surface area contributed by atoms with Crippen molar-refractivity contribution >= 4 is 39.9 Å². The van der Waals surface area contributed by atoms with Crippen LogP contribution in [0, 0.1) is 17.8 Å². The smallest absolute Gasteiger partial charge is 0.250 e. The highest BCUT2D eigenvalue weighted by atomic mass is 16.5. The molecule has 3 amide bonds. The number of hydrogen-bond acceptors (Lipinski definition) is 5. The lowest BCUT2D eigenvalue weighted by atomic mass is 9.66. The molecule has 3 heterocycles. The molecule has 0 aromatic heterocycles. The van der Waals surface area contributed by atoms with Gasteiger partial charge in [0.25, 0.3) is 0 Å². The molecule has 6 rings (SSSR count). The Balaban J connectivity index is 1.39. The highest BCUT2D eigenvalue weighted by Crippen LogP contribution is 2.63. The molecule has 7 atom stereocenters. The van der Waals surface area contributed by atoms with Crippen LogP contribution < -0.4 is 10.6 Å². The average Bonchev–Trinajstić information content (AvgIpc) is 3.54. The van der Waals surface area contributed by atoms with Crippen LogP contribution in [-0.2, 0) is 19.1 Å². The summed E-state index contributed by atoms with van der Waals surface area (Å²) in [6.45, 7) is 5.55. The monoisotopic (exact) mass is 555 g/mol. The van der Waals surface area contributed by atoms with E-state index in [0.717, 1.165) is 10.8 Å². The van der Waals surface area contributed by atoms with Gasteiger partial charge in [-0.15, -0.1) is 0 Å². The van der Waals surface area contributed by atoms with Gasteiger partial charge in [0.1, 0.15) is 11.6 Å². The Morgan fingerprint density at radius 3 is 2.37 bits per heavy atom. The van der Waals surface area contributed by atoms with Crippen LogP contribution in [0.15, 0.2) is 72.8 Å². The number of likely N-dealkylation sites (tertiary alicyclic amines) is 1. The quantitative estimate of drug-likeness (QED) is 0.377. The van der Waals surface area contributed by atoms with E-state index >= 15 is 0 Å². The summed E-state index contributed by atoms with van der Waals surface area (Å²) in [5, 5.41) is 18.6. The first-order valence-electron chi connectivity index (χ1n) is 14.5.